The molecule has 0 aliphatic heterocycles. The van der Waals surface area contributed by atoms with Gasteiger partial charge in [0.2, 0.25) is 0 Å². The number of carbonyl (C=O) groups excluding carboxylic acids is 1. The first-order valence-corrected chi connectivity index (χ1v) is 6.19. The van der Waals surface area contributed by atoms with Gasteiger partial charge in [-0.2, -0.15) is 0 Å². The molecule has 0 bridgehead atoms. The lowest BCUT2D eigenvalue weighted by Gasteiger charge is -2.07. The quantitative estimate of drug-likeness (QED) is 0.354. The number of rotatable bonds is 10. The molecule has 0 spiro atoms. The van der Waals surface area contributed by atoms with E-state index in [1.54, 1.807) is 0 Å². The van der Waals surface area contributed by atoms with Gasteiger partial charge in [0.25, 0.3) is 0 Å². The van der Waals surface area contributed by atoms with E-state index in [0.29, 0.717) is 12.6 Å². The molecule has 0 rings (SSSR count). The second-order valence-electron chi connectivity index (χ2n) is 4.25. The molecule has 0 heterocycles. The van der Waals surface area contributed by atoms with Crippen molar-refractivity contribution in [2.75, 3.05) is 13.2 Å². The molecular formula is C13H25NO2. The Labute approximate surface area is 99.3 Å². The summed E-state index contributed by atoms with van der Waals surface area (Å²) in [4.78, 5) is 10.7. The van der Waals surface area contributed by atoms with Crippen LogP contribution in [0.2, 0.25) is 0 Å². The summed E-state index contributed by atoms with van der Waals surface area (Å²) < 4.78 is 4.88. The van der Waals surface area contributed by atoms with Gasteiger partial charge in [-0.25, -0.2) is 4.79 Å². The minimum atomic E-state index is -0.318. The van der Waals surface area contributed by atoms with Gasteiger partial charge < -0.3 is 10.1 Å². The van der Waals surface area contributed by atoms with Gasteiger partial charge in [0.1, 0.15) is 0 Å². The Morgan fingerprint density at radius 3 is 2.50 bits per heavy atom. The summed E-state index contributed by atoms with van der Waals surface area (Å²) in [5.74, 6) is -0.318. The number of esters is 1. The van der Waals surface area contributed by atoms with E-state index in [0.717, 1.165) is 19.4 Å². The molecule has 0 aliphatic rings. The van der Waals surface area contributed by atoms with Crippen molar-refractivity contribution in [1.82, 2.24) is 5.32 Å². The molecule has 0 atom stereocenters. The first kappa shape index (κ1) is 15.2. The Kier molecular flexibility index (Phi) is 10.1. The van der Waals surface area contributed by atoms with E-state index in [-0.39, 0.29) is 5.97 Å². The maximum atomic E-state index is 10.7. The van der Waals surface area contributed by atoms with Gasteiger partial charge >= 0.3 is 5.97 Å². The Morgan fingerprint density at radius 2 is 1.88 bits per heavy atom. The van der Waals surface area contributed by atoms with Crippen LogP contribution >= 0.6 is 0 Å². The molecule has 1 N–H and O–H groups in total. The first-order chi connectivity index (χ1) is 7.66. The summed E-state index contributed by atoms with van der Waals surface area (Å²) in [5, 5.41) is 3.39. The maximum Gasteiger partial charge on any atom is 0.330 e. The van der Waals surface area contributed by atoms with Crippen molar-refractivity contribution in [2.45, 2.75) is 52.0 Å². The summed E-state index contributed by atoms with van der Waals surface area (Å²) >= 11 is 0. The fraction of sp³-hybridized carbons (Fsp3) is 0.769. The molecular weight excluding hydrogens is 202 g/mol. The Balaban J connectivity index is 3.04. The highest BCUT2D eigenvalue weighted by Crippen LogP contribution is 2.02. The van der Waals surface area contributed by atoms with Gasteiger partial charge in [-0.1, -0.05) is 39.7 Å². The lowest BCUT2D eigenvalue weighted by molar-refractivity contribution is -0.137. The highest BCUT2D eigenvalue weighted by Gasteiger charge is 1.96. The summed E-state index contributed by atoms with van der Waals surface area (Å²) in [6.45, 7) is 9.29. The largest absolute Gasteiger partial charge is 0.463 e. The van der Waals surface area contributed by atoms with Crippen LogP contribution < -0.4 is 5.32 Å². The average molecular weight is 227 g/mol. The van der Waals surface area contributed by atoms with Crippen LogP contribution in [0, 0.1) is 0 Å². The molecule has 0 saturated heterocycles. The fourth-order valence-electron chi connectivity index (χ4n) is 1.38. The van der Waals surface area contributed by atoms with E-state index in [4.69, 9.17) is 4.74 Å². The van der Waals surface area contributed by atoms with Gasteiger partial charge in [0.05, 0.1) is 6.61 Å². The molecule has 0 aromatic carbocycles. The molecule has 3 nitrogen and oxygen atoms in total. The standard InChI is InChI=1S/C13H25NO2/c1-4-13(15)16-11-9-7-5-6-8-10-14-12(2)3/h4,12,14H,1,5-11H2,2-3H3. The SMILES string of the molecule is C=CC(=O)OCCCCCCCNC(C)C. The van der Waals surface area contributed by atoms with Crippen molar-refractivity contribution in [3.63, 3.8) is 0 Å². The van der Waals surface area contributed by atoms with Crippen molar-refractivity contribution >= 4 is 5.97 Å². The van der Waals surface area contributed by atoms with Crippen molar-refractivity contribution in [3.8, 4) is 0 Å². The Hall–Kier alpha value is -0.830. The van der Waals surface area contributed by atoms with Crippen molar-refractivity contribution in [2.24, 2.45) is 0 Å². The molecule has 0 aromatic rings. The minimum absolute atomic E-state index is 0.318. The average Bonchev–Trinajstić information content (AvgIpc) is 2.26. The lowest BCUT2D eigenvalue weighted by Crippen LogP contribution is -2.23. The van der Waals surface area contributed by atoms with Crippen molar-refractivity contribution in [3.05, 3.63) is 12.7 Å². The number of unbranched alkanes of at least 4 members (excludes halogenated alkanes) is 4. The number of hydrogen-bond acceptors (Lipinski definition) is 3. The molecule has 0 saturated carbocycles. The van der Waals surface area contributed by atoms with E-state index < -0.39 is 0 Å². The molecule has 0 aliphatic carbocycles. The number of carbonyl (C=O) groups is 1. The molecule has 0 amide bonds. The summed E-state index contributed by atoms with van der Waals surface area (Å²) in [7, 11) is 0. The Morgan fingerprint density at radius 1 is 1.25 bits per heavy atom. The van der Waals surface area contributed by atoms with Gasteiger partial charge in [0.15, 0.2) is 0 Å². The zero-order chi connectivity index (χ0) is 12.2. The number of ether oxygens (including phenoxy) is 1. The molecule has 94 valence electrons. The highest BCUT2D eigenvalue weighted by molar-refractivity contribution is 5.81. The van der Waals surface area contributed by atoms with Crippen LogP contribution in [0.3, 0.4) is 0 Å². The third kappa shape index (κ3) is 11.2. The second kappa shape index (κ2) is 10.7. The number of nitrogens with one attached hydrogen (secondary N) is 1. The molecule has 0 aromatic heterocycles. The fourth-order valence-corrected chi connectivity index (χ4v) is 1.38. The number of hydrogen-bond donors (Lipinski definition) is 1. The Bertz CT molecular complexity index is 190. The predicted molar refractivity (Wildman–Crippen MR) is 67.4 cm³/mol. The van der Waals surface area contributed by atoms with Gasteiger partial charge in [-0.15, -0.1) is 0 Å². The monoisotopic (exact) mass is 227 g/mol. The smallest absolute Gasteiger partial charge is 0.330 e. The third-order valence-electron chi connectivity index (χ3n) is 2.28. The van der Waals surface area contributed by atoms with Crippen LogP contribution in [-0.4, -0.2) is 25.2 Å². The van der Waals surface area contributed by atoms with Crippen LogP contribution in [0.15, 0.2) is 12.7 Å². The molecule has 0 unspecified atom stereocenters. The second-order valence-corrected chi connectivity index (χ2v) is 4.25. The topological polar surface area (TPSA) is 38.3 Å². The van der Waals surface area contributed by atoms with E-state index >= 15 is 0 Å². The third-order valence-corrected chi connectivity index (χ3v) is 2.28. The van der Waals surface area contributed by atoms with E-state index in [2.05, 4.69) is 25.7 Å². The van der Waals surface area contributed by atoms with Crippen molar-refractivity contribution < 1.29 is 9.53 Å². The van der Waals surface area contributed by atoms with Crippen LogP contribution in [-0.2, 0) is 9.53 Å². The molecule has 0 fully saturated rings. The summed E-state index contributed by atoms with van der Waals surface area (Å²) in [6, 6.07) is 0.582. The van der Waals surface area contributed by atoms with E-state index in [9.17, 15) is 4.79 Å². The lowest BCUT2D eigenvalue weighted by atomic mass is 10.1. The predicted octanol–water partition coefficient (Wildman–Crippen LogP) is 2.66. The molecule has 16 heavy (non-hydrogen) atoms. The van der Waals surface area contributed by atoms with E-state index in [1.165, 1.54) is 25.3 Å². The van der Waals surface area contributed by atoms with Gasteiger partial charge in [-0.05, 0) is 19.4 Å². The van der Waals surface area contributed by atoms with Crippen LogP contribution in [0.5, 0.6) is 0 Å². The zero-order valence-electron chi connectivity index (χ0n) is 10.6. The van der Waals surface area contributed by atoms with E-state index in [1.807, 2.05) is 0 Å². The molecule has 3 heteroatoms. The van der Waals surface area contributed by atoms with Gasteiger partial charge in [0, 0.05) is 12.1 Å². The zero-order valence-corrected chi connectivity index (χ0v) is 10.6. The highest BCUT2D eigenvalue weighted by atomic mass is 16.5. The first-order valence-electron chi connectivity index (χ1n) is 6.19. The maximum absolute atomic E-state index is 10.7. The van der Waals surface area contributed by atoms with Crippen LogP contribution in [0.1, 0.15) is 46.0 Å². The van der Waals surface area contributed by atoms with Crippen LogP contribution in [0.4, 0.5) is 0 Å². The summed E-state index contributed by atoms with van der Waals surface area (Å²) in [6.07, 6.45) is 6.98. The van der Waals surface area contributed by atoms with Crippen LogP contribution in [0.25, 0.3) is 0 Å². The van der Waals surface area contributed by atoms with Gasteiger partial charge in [-0.3, -0.25) is 0 Å². The normalized spacial score (nSPS) is 10.4. The minimum Gasteiger partial charge on any atom is -0.463 e. The van der Waals surface area contributed by atoms with Crippen molar-refractivity contribution in [1.29, 1.82) is 0 Å². The molecule has 0 radical (unpaired) electrons. The summed E-state index contributed by atoms with van der Waals surface area (Å²) in [5.41, 5.74) is 0.